The van der Waals surface area contributed by atoms with Crippen LogP contribution in [0.3, 0.4) is 0 Å². The molecular formula is C9H18NaO. The second-order valence-electron chi connectivity index (χ2n) is 3.16. The van der Waals surface area contributed by atoms with Gasteiger partial charge in [-0.15, -0.1) is 0 Å². The van der Waals surface area contributed by atoms with Crippen LogP contribution in [0, 0.1) is 0 Å². The van der Waals surface area contributed by atoms with Gasteiger partial charge in [0.05, 0.1) is 12.7 Å². The van der Waals surface area contributed by atoms with E-state index in [2.05, 4.69) is 6.92 Å². The minimum absolute atomic E-state index is 0. The summed E-state index contributed by atoms with van der Waals surface area (Å²) < 4.78 is 5.12. The maximum Gasteiger partial charge on any atom is 0.0810 e. The van der Waals surface area contributed by atoms with Gasteiger partial charge in [-0.25, -0.2) is 0 Å². The number of ether oxygens (including phenoxy) is 1. The third-order valence-electron chi connectivity index (χ3n) is 2.03. The molecule has 61 valence electrons. The quantitative estimate of drug-likeness (QED) is 0.334. The van der Waals surface area contributed by atoms with E-state index in [-0.39, 0.29) is 29.6 Å². The first kappa shape index (κ1) is 12.0. The van der Waals surface area contributed by atoms with Crippen LogP contribution in [0.5, 0.6) is 0 Å². The van der Waals surface area contributed by atoms with Gasteiger partial charge in [0.2, 0.25) is 0 Å². The summed E-state index contributed by atoms with van der Waals surface area (Å²) in [6.07, 6.45) is 8.93. The van der Waals surface area contributed by atoms with Gasteiger partial charge in [0.1, 0.15) is 0 Å². The van der Waals surface area contributed by atoms with E-state index in [9.17, 15) is 0 Å². The Kier molecular flexibility index (Phi) is 8.26. The van der Waals surface area contributed by atoms with Crippen LogP contribution in [0.15, 0.2) is 0 Å². The Bertz CT molecular complexity index is 81.6. The largest absolute Gasteiger partial charge is 0.373 e. The first-order chi connectivity index (χ1) is 4.93. The van der Waals surface area contributed by atoms with E-state index in [0.717, 1.165) is 6.61 Å². The third-order valence-corrected chi connectivity index (χ3v) is 2.03. The van der Waals surface area contributed by atoms with Crippen molar-refractivity contribution in [3.05, 3.63) is 0 Å². The fourth-order valence-corrected chi connectivity index (χ4v) is 1.21. The van der Waals surface area contributed by atoms with Crippen molar-refractivity contribution in [3.8, 4) is 0 Å². The molecule has 1 aliphatic rings. The molecule has 0 bridgehead atoms. The summed E-state index contributed by atoms with van der Waals surface area (Å²) in [5.41, 5.74) is 0. The molecule has 1 heterocycles. The van der Waals surface area contributed by atoms with Gasteiger partial charge in [0.25, 0.3) is 0 Å². The summed E-state index contributed by atoms with van der Waals surface area (Å²) in [7, 11) is 0. The Morgan fingerprint density at radius 2 is 1.82 bits per heavy atom. The molecule has 11 heavy (non-hydrogen) atoms. The Hall–Kier alpha value is 0.960. The van der Waals surface area contributed by atoms with Crippen LogP contribution < -0.4 is 0 Å². The van der Waals surface area contributed by atoms with Crippen molar-refractivity contribution >= 4 is 29.6 Å². The van der Waals surface area contributed by atoms with Gasteiger partial charge in [-0.2, -0.15) is 0 Å². The third kappa shape index (κ3) is 7.32. The maximum atomic E-state index is 5.12. The minimum atomic E-state index is 0. The number of hydrogen-bond acceptors (Lipinski definition) is 1. The fourth-order valence-electron chi connectivity index (χ4n) is 1.21. The van der Waals surface area contributed by atoms with E-state index >= 15 is 0 Å². The van der Waals surface area contributed by atoms with Crippen molar-refractivity contribution < 1.29 is 4.74 Å². The van der Waals surface area contributed by atoms with Gasteiger partial charge < -0.3 is 4.74 Å². The normalized spacial score (nSPS) is 21.0. The Morgan fingerprint density at radius 1 is 1.18 bits per heavy atom. The number of hydrogen-bond donors (Lipinski definition) is 0. The summed E-state index contributed by atoms with van der Waals surface area (Å²) in [5.74, 6) is 0. The first-order valence-electron chi connectivity index (χ1n) is 4.55. The number of rotatable bonds is 6. The summed E-state index contributed by atoms with van der Waals surface area (Å²) >= 11 is 0. The monoisotopic (exact) mass is 165 g/mol. The van der Waals surface area contributed by atoms with Gasteiger partial charge in [0.15, 0.2) is 0 Å². The molecule has 0 N–H and O–H groups in total. The molecule has 1 nitrogen and oxygen atoms in total. The Balaban J connectivity index is 0.000001000. The zero-order valence-electron chi connectivity index (χ0n) is 7.94. The summed E-state index contributed by atoms with van der Waals surface area (Å²) in [6, 6.07) is 0. The van der Waals surface area contributed by atoms with Crippen molar-refractivity contribution in [2.75, 3.05) is 6.61 Å². The Labute approximate surface area is 92.2 Å². The fraction of sp³-hybridized carbons (Fsp3) is 1.00. The molecule has 1 aliphatic heterocycles. The zero-order valence-corrected chi connectivity index (χ0v) is 9.94. The van der Waals surface area contributed by atoms with E-state index in [1.807, 2.05) is 0 Å². The predicted molar refractivity (Wildman–Crippen MR) is 48.9 cm³/mol. The molecule has 0 saturated carbocycles. The van der Waals surface area contributed by atoms with Crippen molar-refractivity contribution in [1.82, 2.24) is 0 Å². The van der Waals surface area contributed by atoms with E-state index in [1.54, 1.807) is 0 Å². The van der Waals surface area contributed by atoms with Crippen molar-refractivity contribution in [2.24, 2.45) is 0 Å². The van der Waals surface area contributed by atoms with Gasteiger partial charge in [0, 0.05) is 29.6 Å². The average Bonchev–Trinajstić information content (AvgIpc) is 2.71. The summed E-state index contributed by atoms with van der Waals surface area (Å²) in [4.78, 5) is 0. The molecule has 1 rings (SSSR count). The SMILES string of the molecule is CCCCCCCC1CO1.[Na]. The van der Waals surface area contributed by atoms with Crippen LogP contribution in [0.2, 0.25) is 0 Å². The van der Waals surface area contributed by atoms with Crippen LogP contribution >= 0.6 is 0 Å². The molecule has 1 radical (unpaired) electrons. The van der Waals surface area contributed by atoms with E-state index < -0.39 is 0 Å². The van der Waals surface area contributed by atoms with Gasteiger partial charge >= 0.3 is 0 Å². The summed E-state index contributed by atoms with van der Waals surface area (Å²) in [5, 5.41) is 0. The predicted octanol–water partition coefficient (Wildman–Crippen LogP) is 2.36. The van der Waals surface area contributed by atoms with Gasteiger partial charge in [-0.1, -0.05) is 39.0 Å². The zero-order chi connectivity index (χ0) is 7.23. The second-order valence-corrected chi connectivity index (χ2v) is 3.16. The van der Waals surface area contributed by atoms with Gasteiger partial charge in [-0.3, -0.25) is 0 Å². The number of epoxide rings is 1. The van der Waals surface area contributed by atoms with Crippen LogP contribution in [-0.4, -0.2) is 42.3 Å². The van der Waals surface area contributed by atoms with Crippen LogP contribution in [0.25, 0.3) is 0 Å². The molecule has 1 atom stereocenters. The molecule has 1 unspecified atom stereocenters. The molecule has 0 amide bonds. The molecule has 0 aromatic heterocycles. The Morgan fingerprint density at radius 3 is 2.36 bits per heavy atom. The van der Waals surface area contributed by atoms with Crippen molar-refractivity contribution in [1.29, 1.82) is 0 Å². The molecule has 1 saturated heterocycles. The van der Waals surface area contributed by atoms with E-state index in [1.165, 1.54) is 38.5 Å². The smallest absolute Gasteiger partial charge is 0.0810 e. The van der Waals surface area contributed by atoms with Crippen molar-refractivity contribution in [3.63, 3.8) is 0 Å². The maximum absolute atomic E-state index is 5.12. The summed E-state index contributed by atoms with van der Waals surface area (Å²) in [6.45, 7) is 3.29. The van der Waals surface area contributed by atoms with Gasteiger partial charge in [-0.05, 0) is 6.42 Å². The molecule has 0 spiro atoms. The van der Waals surface area contributed by atoms with Crippen LogP contribution in [0.4, 0.5) is 0 Å². The van der Waals surface area contributed by atoms with Crippen molar-refractivity contribution in [2.45, 2.75) is 51.6 Å². The second kappa shape index (κ2) is 7.60. The topological polar surface area (TPSA) is 12.5 Å². The minimum Gasteiger partial charge on any atom is -0.373 e. The molecule has 0 aromatic rings. The van der Waals surface area contributed by atoms with E-state index in [0.29, 0.717) is 6.10 Å². The molecule has 0 aromatic carbocycles. The first-order valence-corrected chi connectivity index (χ1v) is 4.55. The average molecular weight is 165 g/mol. The van der Waals surface area contributed by atoms with Crippen LogP contribution in [-0.2, 0) is 4.74 Å². The van der Waals surface area contributed by atoms with Crippen LogP contribution in [0.1, 0.15) is 45.4 Å². The standard InChI is InChI=1S/C9H18O.Na/c1-2-3-4-5-6-7-9-8-10-9;/h9H,2-8H2,1H3;. The molecule has 2 heteroatoms. The number of unbranched alkanes of at least 4 members (excludes halogenated alkanes) is 4. The molecular weight excluding hydrogens is 147 g/mol. The molecule has 0 aliphatic carbocycles. The molecule has 1 fully saturated rings. The van der Waals surface area contributed by atoms with E-state index in [4.69, 9.17) is 4.74 Å².